The lowest BCUT2D eigenvalue weighted by Crippen LogP contribution is -2.22. The van der Waals surface area contributed by atoms with Crippen LogP contribution in [0.4, 0.5) is 5.95 Å². The van der Waals surface area contributed by atoms with Gasteiger partial charge in [-0.1, -0.05) is 52.3 Å². The summed E-state index contributed by atoms with van der Waals surface area (Å²) in [6.45, 7) is 1.17. The minimum atomic E-state index is -0.117. The van der Waals surface area contributed by atoms with E-state index < -0.39 is 0 Å². The van der Waals surface area contributed by atoms with Gasteiger partial charge in [0.05, 0.1) is 12.8 Å². The monoisotopic (exact) mass is 516 g/mol. The third-order valence-corrected chi connectivity index (χ3v) is 5.76. The summed E-state index contributed by atoms with van der Waals surface area (Å²) in [6, 6.07) is 25.1. The number of nitrogens with one attached hydrogen (secondary N) is 2. The second kappa shape index (κ2) is 11.4. The van der Waals surface area contributed by atoms with Crippen LogP contribution < -0.4 is 15.4 Å². The maximum absolute atomic E-state index is 12.5. The molecule has 0 fully saturated rings. The van der Waals surface area contributed by atoms with Crippen LogP contribution in [-0.2, 0) is 13.0 Å². The van der Waals surface area contributed by atoms with Gasteiger partial charge in [-0.3, -0.25) is 4.79 Å². The van der Waals surface area contributed by atoms with Gasteiger partial charge in [0.1, 0.15) is 5.75 Å². The van der Waals surface area contributed by atoms with Crippen LogP contribution in [0, 0.1) is 0 Å². The van der Waals surface area contributed by atoms with Gasteiger partial charge in [0.2, 0.25) is 5.95 Å². The molecular weight excluding hydrogens is 492 g/mol. The van der Waals surface area contributed by atoms with Crippen molar-refractivity contribution in [1.29, 1.82) is 0 Å². The van der Waals surface area contributed by atoms with E-state index in [9.17, 15) is 4.79 Å². The Morgan fingerprint density at radius 2 is 1.76 bits per heavy atom. The molecule has 0 atom stereocenters. The second-order valence-electron chi connectivity index (χ2n) is 7.68. The number of halogens is 1. The van der Waals surface area contributed by atoms with E-state index in [2.05, 4.69) is 42.6 Å². The third-order valence-electron chi connectivity index (χ3n) is 5.27. The predicted octanol–water partition coefficient (Wildman–Crippen LogP) is 5.50. The number of aromatic nitrogens is 2. The van der Waals surface area contributed by atoms with Crippen LogP contribution in [0.2, 0.25) is 0 Å². The fourth-order valence-electron chi connectivity index (χ4n) is 3.47. The first kappa shape index (κ1) is 23.4. The van der Waals surface area contributed by atoms with Gasteiger partial charge < -0.3 is 15.4 Å². The van der Waals surface area contributed by atoms with Gasteiger partial charge in [0.25, 0.3) is 5.91 Å². The zero-order valence-electron chi connectivity index (χ0n) is 18.8. The summed E-state index contributed by atoms with van der Waals surface area (Å²) in [6.07, 6.45) is 2.56. The number of ether oxygens (including phenoxy) is 1. The highest BCUT2D eigenvalue weighted by molar-refractivity contribution is 9.10. The van der Waals surface area contributed by atoms with Crippen molar-refractivity contribution in [1.82, 2.24) is 15.3 Å². The SMILES string of the molecule is COc1cccc(CCNc2nccc(-c3ccc(C(=O)NCc4cccc(Br)c4)cc3)n2)c1. The molecule has 0 spiro atoms. The molecule has 0 bridgehead atoms. The van der Waals surface area contributed by atoms with Gasteiger partial charge in [0.15, 0.2) is 0 Å². The first-order valence-corrected chi connectivity index (χ1v) is 11.7. The number of anilines is 1. The van der Waals surface area contributed by atoms with Gasteiger partial charge in [-0.2, -0.15) is 0 Å². The molecule has 172 valence electrons. The number of amides is 1. The summed E-state index contributed by atoms with van der Waals surface area (Å²) >= 11 is 3.45. The Balaban J connectivity index is 1.34. The maximum Gasteiger partial charge on any atom is 0.251 e. The summed E-state index contributed by atoms with van der Waals surface area (Å²) in [5.74, 6) is 1.30. The summed E-state index contributed by atoms with van der Waals surface area (Å²) < 4.78 is 6.26. The van der Waals surface area contributed by atoms with Crippen molar-refractivity contribution in [3.05, 3.63) is 106 Å². The first-order chi connectivity index (χ1) is 16.6. The molecule has 1 amide bonds. The number of methoxy groups -OCH3 is 1. The van der Waals surface area contributed by atoms with Gasteiger partial charge >= 0.3 is 0 Å². The van der Waals surface area contributed by atoms with Crippen molar-refractivity contribution >= 4 is 27.8 Å². The minimum absolute atomic E-state index is 0.117. The van der Waals surface area contributed by atoms with Crippen LogP contribution in [0.5, 0.6) is 5.75 Å². The summed E-state index contributed by atoms with van der Waals surface area (Å²) in [5.41, 5.74) is 4.52. The molecule has 0 aliphatic carbocycles. The highest BCUT2D eigenvalue weighted by Crippen LogP contribution is 2.19. The zero-order chi connectivity index (χ0) is 23.8. The van der Waals surface area contributed by atoms with E-state index in [4.69, 9.17) is 4.74 Å². The van der Waals surface area contributed by atoms with Crippen LogP contribution in [-0.4, -0.2) is 29.5 Å². The van der Waals surface area contributed by atoms with E-state index in [1.807, 2.05) is 72.8 Å². The molecule has 34 heavy (non-hydrogen) atoms. The number of carbonyl (C=O) groups is 1. The maximum atomic E-state index is 12.5. The largest absolute Gasteiger partial charge is 0.497 e. The van der Waals surface area contributed by atoms with Crippen molar-refractivity contribution in [3.8, 4) is 17.0 Å². The van der Waals surface area contributed by atoms with E-state index in [0.717, 1.165) is 33.5 Å². The molecule has 0 unspecified atom stereocenters. The molecule has 4 aromatic rings. The lowest BCUT2D eigenvalue weighted by atomic mass is 10.1. The van der Waals surface area contributed by atoms with E-state index in [-0.39, 0.29) is 5.91 Å². The quantitative estimate of drug-likeness (QED) is 0.307. The van der Waals surface area contributed by atoms with Gasteiger partial charge in [-0.15, -0.1) is 0 Å². The Morgan fingerprint density at radius 3 is 2.56 bits per heavy atom. The highest BCUT2D eigenvalue weighted by Gasteiger charge is 2.08. The predicted molar refractivity (Wildman–Crippen MR) is 138 cm³/mol. The molecule has 0 saturated carbocycles. The second-order valence-corrected chi connectivity index (χ2v) is 8.60. The van der Waals surface area contributed by atoms with Crippen molar-refractivity contribution in [2.24, 2.45) is 0 Å². The normalized spacial score (nSPS) is 10.5. The average Bonchev–Trinajstić information content (AvgIpc) is 2.88. The molecule has 1 aromatic heterocycles. The van der Waals surface area contributed by atoms with Crippen molar-refractivity contribution < 1.29 is 9.53 Å². The van der Waals surface area contributed by atoms with Crippen molar-refractivity contribution in [2.75, 3.05) is 19.0 Å². The number of hydrogen-bond acceptors (Lipinski definition) is 5. The van der Waals surface area contributed by atoms with Crippen molar-refractivity contribution in [3.63, 3.8) is 0 Å². The molecule has 1 heterocycles. The molecular formula is C27H25BrN4O2. The summed E-state index contributed by atoms with van der Waals surface area (Å²) in [5, 5.41) is 6.23. The fraction of sp³-hybridized carbons (Fsp3) is 0.148. The summed E-state index contributed by atoms with van der Waals surface area (Å²) in [4.78, 5) is 21.4. The molecule has 0 saturated heterocycles. The van der Waals surface area contributed by atoms with Crippen LogP contribution in [0.3, 0.4) is 0 Å². The zero-order valence-corrected chi connectivity index (χ0v) is 20.4. The molecule has 0 radical (unpaired) electrons. The van der Waals surface area contributed by atoms with Crippen molar-refractivity contribution in [2.45, 2.75) is 13.0 Å². The molecule has 0 aliphatic heterocycles. The van der Waals surface area contributed by atoms with Crippen LogP contribution >= 0.6 is 15.9 Å². The van der Waals surface area contributed by atoms with Crippen LogP contribution in [0.15, 0.2) is 89.5 Å². The number of rotatable bonds is 9. The van der Waals surface area contributed by atoms with E-state index in [0.29, 0.717) is 24.6 Å². The molecule has 0 aliphatic rings. The first-order valence-electron chi connectivity index (χ1n) is 10.9. The Morgan fingerprint density at radius 1 is 0.971 bits per heavy atom. The smallest absolute Gasteiger partial charge is 0.251 e. The Kier molecular flexibility index (Phi) is 7.88. The number of hydrogen-bond donors (Lipinski definition) is 2. The Bertz CT molecular complexity index is 1260. The highest BCUT2D eigenvalue weighted by atomic mass is 79.9. The topological polar surface area (TPSA) is 76.1 Å². The molecule has 6 nitrogen and oxygen atoms in total. The Hall–Kier alpha value is -3.71. The number of benzene rings is 3. The lowest BCUT2D eigenvalue weighted by molar-refractivity contribution is 0.0951. The van der Waals surface area contributed by atoms with Gasteiger partial charge in [-0.25, -0.2) is 9.97 Å². The lowest BCUT2D eigenvalue weighted by Gasteiger charge is -2.09. The molecule has 2 N–H and O–H groups in total. The summed E-state index contributed by atoms with van der Waals surface area (Å²) in [7, 11) is 1.67. The van der Waals surface area contributed by atoms with Crippen LogP contribution in [0.25, 0.3) is 11.3 Å². The Labute approximate surface area is 207 Å². The standard InChI is InChI=1S/C27H25BrN4O2/c1-34-24-7-3-4-19(17-24)12-14-29-27-30-15-13-25(32-27)21-8-10-22(11-9-21)26(33)31-18-20-5-2-6-23(28)16-20/h2-11,13,15-17H,12,14,18H2,1H3,(H,31,33)(H,29,30,32). The van der Waals surface area contributed by atoms with Crippen LogP contribution in [0.1, 0.15) is 21.5 Å². The number of carbonyl (C=O) groups excluding carboxylic acids is 1. The molecule has 3 aromatic carbocycles. The minimum Gasteiger partial charge on any atom is -0.497 e. The molecule has 7 heteroatoms. The molecule has 4 rings (SSSR count). The van der Waals surface area contributed by atoms with E-state index >= 15 is 0 Å². The average molecular weight is 517 g/mol. The van der Waals surface area contributed by atoms with E-state index in [1.54, 1.807) is 13.3 Å². The van der Waals surface area contributed by atoms with E-state index in [1.165, 1.54) is 5.56 Å². The third kappa shape index (κ3) is 6.42. The number of nitrogens with zero attached hydrogens (tertiary/aromatic N) is 2. The van der Waals surface area contributed by atoms with Gasteiger partial charge in [0, 0.05) is 34.9 Å². The van der Waals surface area contributed by atoms with Gasteiger partial charge in [-0.05, 0) is 60.0 Å². The fourth-order valence-corrected chi connectivity index (χ4v) is 3.92.